The lowest BCUT2D eigenvalue weighted by Gasteiger charge is -2.31. The van der Waals surface area contributed by atoms with Gasteiger partial charge in [-0.15, -0.1) is 0 Å². The third-order valence-corrected chi connectivity index (χ3v) is 6.26. The van der Waals surface area contributed by atoms with Crippen LogP contribution in [0.15, 0.2) is 41.2 Å². The van der Waals surface area contributed by atoms with Gasteiger partial charge in [0.1, 0.15) is 6.61 Å². The van der Waals surface area contributed by atoms with E-state index in [-0.39, 0.29) is 18.6 Å². The molecule has 0 saturated heterocycles. The summed E-state index contributed by atoms with van der Waals surface area (Å²) in [7, 11) is 0. The molecule has 31 heavy (non-hydrogen) atoms. The van der Waals surface area contributed by atoms with Crippen LogP contribution >= 0.6 is 0 Å². The van der Waals surface area contributed by atoms with Crippen molar-refractivity contribution in [2.24, 2.45) is 5.73 Å². The lowest BCUT2D eigenvalue weighted by atomic mass is 9.86. The van der Waals surface area contributed by atoms with Crippen LogP contribution in [0.1, 0.15) is 42.0 Å². The highest BCUT2D eigenvalue weighted by Gasteiger charge is 2.45. The third-order valence-electron chi connectivity index (χ3n) is 6.26. The third kappa shape index (κ3) is 2.77. The number of aliphatic hydroxyl groups is 1. The van der Waals surface area contributed by atoms with E-state index < -0.39 is 11.6 Å². The fraction of sp³-hybridized carbons (Fsp3) is 0.292. The van der Waals surface area contributed by atoms with Gasteiger partial charge in [-0.3, -0.25) is 4.79 Å². The van der Waals surface area contributed by atoms with Gasteiger partial charge in [0.05, 0.1) is 29.0 Å². The molecule has 0 fully saturated rings. The average Bonchev–Trinajstić information content (AvgIpc) is 3.15. The van der Waals surface area contributed by atoms with Gasteiger partial charge in [0.2, 0.25) is 0 Å². The molecule has 1 atom stereocenters. The summed E-state index contributed by atoms with van der Waals surface area (Å²) in [5.41, 5.74) is 8.29. The number of pyridine rings is 2. The summed E-state index contributed by atoms with van der Waals surface area (Å²) in [6, 6.07) is 9.59. The lowest BCUT2D eigenvalue weighted by molar-refractivity contribution is -0.172. The quantitative estimate of drug-likeness (QED) is 0.494. The fourth-order valence-corrected chi connectivity index (χ4v) is 4.55. The Bertz CT molecular complexity index is 1320. The number of nitrogens with two attached hydrogens (primary N) is 1. The second-order valence-electron chi connectivity index (χ2n) is 7.95. The Balaban J connectivity index is 1.80. The predicted molar refractivity (Wildman–Crippen MR) is 117 cm³/mol. The summed E-state index contributed by atoms with van der Waals surface area (Å²) < 4.78 is 6.80. The summed E-state index contributed by atoms with van der Waals surface area (Å²) in [4.78, 5) is 30.5. The molecule has 2 aromatic heterocycles. The van der Waals surface area contributed by atoms with Gasteiger partial charge >= 0.3 is 5.97 Å². The SMILES string of the molecule is CC[C@@]1(O)C(=O)OCc2c1cc1n(c2=O)Cc2c-1nc1ccccc1c2/C=C/CCN. The zero-order valence-corrected chi connectivity index (χ0v) is 17.2. The second kappa shape index (κ2) is 7.14. The van der Waals surface area contributed by atoms with E-state index in [1.165, 1.54) is 0 Å². The molecule has 0 radical (unpaired) electrons. The van der Waals surface area contributed by atoms with Crippen molar-refractivity contribution >= 4 is 22.9 Å². The Morgan fingerprint density at radius 1 is 1.29 bits per heavy atom. The topological polar surface area (TPSA) is 107 Å². The smallest absolute Gasteiger partial charge is 0.343 e. The Morgan fingerprint density at radius 2 is 2.10 bits per heavy atom. The van der Waals surface area contributed by atoms with Crippen molar-refractivity contribution in [3.8, 4) is 11.4 Å². The van der Waals surface area contributed by atoms with Crippen LogP contribution in [-0.2, 0) is 28.3 Å². The summed E-state index contributed by atoms with van der Waals surface area (Å²) >= 11 is 0. The monoisotopic (exact) mass is 417 g/mol. The molecule has 1 aromatic carbocycles. The van der Waals surface area contributed by atoms with Gasteiger partial charge in [0.25, 0.3) is 5.56 Å². The molecular weight excluding hydrogens is 394 g/mol. The number of fused-ring (bicyclic) bond motifs is 5. The highest BCUT2D eigenvalue weighted by atomic mass is 16.6. The second-order valence-corrected chi connectivity index (χ2v) is 7.95. The maximum absolute atomic E-state index is 13.3. The van der Waals surface area contributed by atoms with Crippen molar-refractivity contribution in [2.45, 2.75) is 38.5 Å². The average molecular weight is 417 g/mol. The van der Waals surface area contributed by atoms with Crippen LogP contribution in [0.25, 0.3) is 28.4 Å². The number of ether oxygens (including phenoxy) is 1. The van der Waals surface area contributed by atoms with Crippen LogP contribution < -0.4 is 11.3 Å². The van der Waals surface area contributed by atoms with E-state index >= 15 is 0 Å². The number of rotatable bonds is 4. The fourth-order valence-electron chi connectivity index (χ4n) is 4.55. The summed E-state index contributed by atoms with van der Waals surface area (Å²) in [5.74, 6) is -0.720. The van der Waals surface area contributed by atoms with Crippen molar-refractivity contribution in [1.29, 1.82) is 0 Å². The van der Waals surface area contributed by atoms with Crippen LogP contribution in [0.4, 0.5) is 0 Å². The van der Waals surface area contributed by atoms with Gasteiger partial charge in [-0.25, -0.2) is 9.78 Å². The molecule has 7 nitrogen and oxygen atoms in total. The van der Waals surface area contributed by atoms with E-state index in [1.807, 2.05) is 36.4 Å². The number of aromatic nitrogens is 2. The highest BCUT2D eigenvalue weighted by Crippen LogP contribution is 2.40. The van der Waals surface area contributed by atoms with E-state index in [0.29, 0.717) is 35.6 Å². The van der Waals surface area contributed by atoms with E-state index in [4.69, 9.17) is 15.5 Å². The highest BCUT2D eigenvalue weighted by molar-refractivity contribution is 5.93. The van der Waals surface area contributed by atoms with Crippen molar-refractivity contribution < 1.29 is 14.6 Å². The molecule has 7 heteroatoms. The Hall–Kier alpha value is -3.29. The van der Waals surface area contributed by atoms with Crippen molar-refractivity contribution in [2.75, 3.05) is 6.54 Å². The zero-order valence-electron chi connectivity index (χ0n) is 17.2. The minimum atomic E-state index is -1.83. The standard InChI is InChI=1S/C24H23N3O4/c1-2-24(30)18-11-20-21-16(12-27(20)22(28)17(18)13-31-23(24)29)14(7-5-6-10-25)15-8-3-4-9-19(15)26-21/h3-5,7-9,11,30H,2,6,10,12-13,25H2,1H3/b7-5+/t24-/m0/s1. The van der Waals surface area contributed by atoms with Crippen LogP contribution in [0.2, 0.25) is 0 Å². The maximum Gasteiger partial charge on any atom is 0.343 e. The molecule has 0 aliphatic carbocycles. The van der Waals surface area contributed by atoms with Crippen molar-refractivity contribution in [3.63, 3.8) is 0 Å². The Morgan fingerprint density at radius 3 is 2.87 bits per heavy atom. The molecule has 0 unspecified atom stereocenters. The molecule has 158 valence electrons. The first-order valence-electron chi connectivity index (χ1n) is 10.4. The van der Waals surface area contributed by atoms with Gasteiger partial charge < -0.3 is 20.1 Å². The number of benzene rings is 1. The van der Waals surface area contributed by atoms with E-state index in [2.05, 4.69) is 0 Å². The molecule has 5 rings (SSSR count). The molecule has 3 aromatic rings. The molecular formula is C24H23N3O4. The van der Waals surface area contributed by atoms with Crippen LogP contribution in [0, 0.1) is 0 Å². The number of para-hydroxylation sites is 1. The summed E-state index contributed by atoms with van der Waals surface area (Å²) in [6.45, 7) is 2.49. The molecule has 3 N–H and O–H groups in total. The first kappa shape index (κ1) is 19.7. The summed E-state index contributed by atoms with van der Waals surface area (Å²) in [6.07, 6.45) is 4.94. The van der Waals surface area contributed by atoms with E-state index in [9.17, 15) is 14.7 Å². The summed E-state index contributed by atoms with van der Waals surface area (Å²) in [5, 5.41) is 12.0. The number of carbonyl (C=O) groups excluding carboxylic acids is 1. The van der Waals surface area contributed by atoms with E-state index in [1.54, 1.807) is 17.6 Å². The lowest BCUT2D eigenvalue weighted by Crippen LogP contribution is -2.44. The molecule has 2 aliphatic rings. The predicted octanol–water partition coefficient (Wildman–Crippen LogP) is 2.44. The molecule has 2 aliphatic heterocycles. The molecule has 0 saturated carbocycles. The minimum Gasteiger partial charge on any atom is -0.458 e. The van der Waals surface area contributed by atoms with Gasteiger partial charge in [0.15, 0.2) is 5.60 Å². The number of esters is 1. The largest absolute Gasteiger partial charge is 0.458 e. The number of cyclic esters (lactones) is 1. The van der Waals surface area contributed by atoms with Crippen LogP contribution in [0.3, 0.4) is 0 Å². The Labute approximate surface area is 178 Å². The zero-order chi connectivity index (χ0) is 21.8. The Kier molecular flexibility index (Phi) is 4.53. The van der Waals surface area contributed by atoms with Crippen molar-refractivity contribution in [3.05, 3.63) is 69.0 Å². The normalized spacial score (nSPS) is 19.4. The first-order valence-corrected chi connectivity index (χ1v) is 10.4. The van der Waals surface area contributed by atoms with Gasteiger partial charge in [-0.1, -0.05) is 37.3 Å². The minimum absolute atomic E-state index is 0.118. The van der Waals surface area contributed by atoms with E-state index in [0.717, 1.165) is 28.5 Å². The van der Waals surface area contributed by atoms with Crippen LogP contribution in [-0.4, -0.2) is 27.2 Å². The van der Waals surface area contributed by atoms with Gasteiger partial charge in [-0.05, 0) is 37.1 Å². The van der Waals surface area contributed by atoms with Gasteiger partial charge in [-0.2, -0.15) is 0 Å². The first-order chi connectivity index (χ1) is 15.0. The molecule has 0 bridgehead atoms. The number of nitrogens with zero attached hydrogens (tertiary/aromatic N) is 2. The number of hydrogen-bond donors (Lipinski definition) is 2. The van der Waals surface area contributed by atoms with Gasteiger partial charge in [0, 0.05) is 16.5 Å². The number of carbonyl (C=O) groups is 1. The van der Waals surface area contributed by atoms with Crippen LogP contribution in [0.5, 0.6) is 0 Å². The molecule has 4 heterocycles. The molecule has 0 amide bonds. The maximum atomic E-state index is 13.3. The number of hydrogen-bond acceptors (Lipinski definition) is 6. The van der Waals surface area contributed by atoms with Crippen molar-refractivity contribution in [1.82, 2.24) is 9.55 Å². The molecule has 0 spiro atoms.